The van der Waals surface area contributed by atoms with Crippen LogP contribution in [0.3, 0.4) is 0 Å². The molecule has 0 atom stereocenters. The zero-order valence-corrected chi connectivity index (χ0v) is 13.2. The number of likely N-dealkylation sites (N-methyl/N-ethyl adjacent to an activating group) is 1. The summed E-state index contributed by atoms with van der Waals surface area (Å²) in [6, 6.07) is 12.6. The van der Waals surface area contributed by atoms with E-state index in [0.717, 1.165) is 42.9 Å². The van der Waals surface area contributed by atoms with Crippen molar-refractivity contribution in [3.05, 3.63) is 48.8 Å². The van der Waals surface area contributed by atoms with Gasteiger partial charge in [-0.3, -0.25) is 0 Å². The minimum Gasteiger partial charge on any atom is -0.354 e. The summed E-state index contributed by atoms with van der Waals surface area (Å²) in [4.78, 5) is 9.52. The Balaban J connectivity index is 1.84. The van der Waals surface area contributed by atoms with E-state index in [2.05, 4.69) is 57.4 Å². The van der Waals surface area contributed by atoms with Gasteiger partial charge in [-0.2, -0.15) is 10.2 Å². The molecule has 23 heavy (non-hydrogen) atoms. The minimum atomic E-state index is 0.898. The topological polar surface area (TPSA) is 45.2 Å². The Bertz CT molecular complexity index is 810. The molecule has 5 heteroatoms. The van der Waals surface area contributed by atoms with E-state index in [-0.39, 0.29) is 0 Å². The molecule has 1 aromatic carbocycles. The molecule has 1 saturated heterocycles. The molecule has 0 N–H and O–H groups in total. The second kappa shape index (κ2) is 5.93. The highest BCUT2D eigenvalue weighted by Crippen LogP contribution is 2.30. The fourth-order valence-corrected chi connectivity index (χ4v) is 3.03. The zero-order chi connectivity index (χ0) is 15.6. The molecule has 0 saturated carbocycles. The molecule has 116 valence electrons. The van der Waals surface area contributed by atoms with E-state index >= 15 is 0 Å². The van der Waals surface area contributed by atoms with E-state index in [0.29, 0.717) is 0 Å². The van der Waals surface area contributed by atoms with Gasteiger partial charge in [0.1, 0.15) is 5.82 Å². The van der Waals surface area contributed by atoms with Gasteiger partial charge in [0.2, 0.25) is 0 Å². The summed E-state index contributed by atoms with van der Waals surface area (Å²) in [6.45, 7) is 4.13. The number of nitrogens with zero attached hydrogens (tertiary/aromatic N) is 5. The first-order chi connectivity index (χ1) is 11.3. The van der Waals surface area contributed by atoms with Crippen molar-refractivity contribution in [3.8, 4) is 11.1 Å². The third kappa shape index (κ3) is 2.75. The van der Waals surface area contributed by atoms with Crippen molar-refractivity contribution in [2.24, 2.45) is 0 Å². The third-order valence-corrected chi connectivity index (χ3v) is 4.42. The van der Waals surface area contributed by atoms with Crippen LogP contribution in [0.4, 0.5) is 5.82 Å². The number of anilines is 1. The minimum absolute atomic E-state index is 0.898. The van der Waals surface area contributed by atoms with Crippen LogP contribution in [0.15, 0.2) is 48.8 Å². The molecule has 3 heterocycles. The molecule has 1 aliphatic heterocycles. The number of hydrogen-bond donors (Lipinski definition) is 0. The van der Waals surface area contributed by atoms with Gasteiger partial charge >= 0.3 is 0 Å². The highest BCUT2D eigenvalue weighted by atomic mass is 15.3. The van der Waals surface area contributed by atoms with Crippen LogP contribution >= 0.6 is 0 Å². The van der Waals surface area contributed by atoms with Gasteiger partial charge in [-0.1, -0.05) is 30.3 Å². The third-order valence-electron chi connectivity index (χ3n) is 4.42. The van der Waals surface area contributed by atoms with Gasteiger partial charge in [-0.15, -0.1) is 0 Å². The Morgan fingerprint density at radius 3 is 2.43 bits per heavy atom. The van der Waals surface area contributed by atoms with Crippen LogP contribution < -0.4 is 4.90 Å². The van der Waals surface area contributed by atoms with E-state index < -0.39 is 0 Å². The Labute approximate surface area is 135 Å². The molecule has 1 aliphatic rings. The number of hydrogen-bond acceptors (Lipinski definition) is 5. The molecule has 0 amide bonds. The first-order valence-corrected chi connectivity index (χ1v) is 7.91. The first-order valence-electron chi connectivity index (χ1n) is 7.91. The van der Waals surface area contributed by atoms with Crippen LogP contribution in [-0.4, -0.2) is 53.3 Å². The van der Waals surface area contributed by atoms with Crippen molar-refractivity contribution in [2.75, 3.05) is 38.1 Å². The van der Waals surface area contributed by atoms with Crippen molar-refractivity contribution in [1.29, 1.82) is 0 Å². The van der Waals surface area contributed by atoms with Gasteiger partial charge in [0.25, 0.3) is 0 Å². The highest BCUT2D eigenvalue weighted by molar-refractivity contribution is 5.95. The summed E-state index contributed by atoms with van der Waals surface area (Å²) >= 11 is 0. The van der Waals surface area contributed by atoms with Gasteiger partial charge < -0.3 is 9.80 Å². The quantitative estimate of drug-likeness (QED) is 0.727. The molecule has 1 fully saturated rings. The van der Waals surface area contributed by atoms with Crippen LogP contribution in [-0.2, 0) is 0 Å². The monoisotopic (exact) mass is 305 g/mol. The van der Waals surface area contributed by atoms with Gasteiger partial charge in [-0.25, -0.2) is 4.98 Å². The van der Waals surface area contributed by atoms with Crippen molar-refractivity contribution >= 4 is 16.7 Å². The average molecular weight is 305 g/mol. The number of fused-ring (bicyclic) bond motifs is 1. The Hall–Kier alpha value is -2.53. The molecule has 0 spiro atoms. The normalized spacial score (nSPS) is 16.0. The molecule has 0 radical (unpaired) electrons. The van der Waals surface area contributed by atoms with E-state index in [1.54, 1.807) is 12.4 Å². The second-order valence-electron chi connectivity index (χ2n) is 5.97. The zero-order valence-electron chi connectivity index (χ0n) is 13.2. The summed E-state index contributed by atoms with van der Waals surface area (Å²) in [5, 5.41) is 9.09. The Kier molecular flexibility index (Phi) is 3.63. The van der Waals surface area contributed by atoms with Gasteiger partial charge in [-0.05, 0) is 24.2 Å². The molecule has 4 rings (SSSR count). The van der Waals surface area contributed by atoms with E-state index in [9.17, 15) is 0 Å². The summed E-state index contributed by atoms with van der Waals surface area (Å²) in [6.07, 6.45) is 3.56. The summed E-state index contributed by atoms with van der Waals surface area (Å²) in [5.41, 5.74) is 3.25. The molecule has 0 unspecified atom stereocenters. The smallest absolute Gasteiger partial charge is 0.130 e. The van der Waals surface area contributed by atoms with Gasteiger partial charge in [0.15, 0.2) is 0 Å². The highest BCUT2D eigenvalue weighted by Gasteiger charge is 2.17. The first kappa shape index (κ1) is 14.1. The lowest BCUT2D eigenvalue weighted by Gasteiger charge is -2.33. The van der Waals surface area contributed by atoms with Crippen molar-refractivity contribution in [3.63, 3.8) is 0 Å². The number of piperazine rings is 1. The molecule has 0 bridgehead atoms. The predicted octanol–water partition coefficient (Wildman–Crippen LogP) is 2.44. The SMILES string of the molecule is CN1CCN(c2cc(-c3ccccc3)c3cnncc3n2)CC1. The number of rotatable bonds is 2. The van der Waals surface area contributed by atoms with E-state index in [1.165, 1.54) is 11.1 Å². The lowest BCUT2D eigenvalue weighted by Crippen LogP contribution is -2.44. The van der Waals surface area contributed by atoms with Crippen LogP contribution in [0, 0.1) is 0 Å². The lowest BCUT2D eigenvalue weighted by molar-refractivity contribution is 0.312. The fraction of sp³-hybridized carbons (Fsp3) is 0.278. The van der Waals surface area contributed by atoms with Crippen LogP contribution in [0.25, 0.3) is 22.0 Å². The predicted molar refractivity (Wildman–Crippen MR) is 92.5 cm³/mol. The van der Waals surface area contributed by atoms with Crippen molar-refractivity contribution in [2.45, 2.75) is 0 Å². The maximum absolute atomic E-state index is 4.81. The maximum Gasteiger partial charge on any atom is 0.130 e. The fourth-order valence-electron chi connectivity index (χ4n) is 3.03. The largest absolute Gasteiger partial charge is 0.354 e. The summed E-state index contributed by atoms with van der Waals surface area (Å²) < 4.78 is 0. The molecule has 0 aliphatic carbocycles. The maximum atomic E-state index is 4.81. The van der Waals surface area contributed by atoms with E-state index in [4.69, 9.17) is 4.98 Å². The van der Waals surface area contributed by atoms with Crippen LogP contribution in [0.5, 0.6) is 0 Å². The Morgan fingerprint density at radius 1 is 0.913 bits per heavy atom. The molecular formula is C18H19N5. The standard InChI is InChI=1S/C18H19N5/c1-22-7-9-23(10-8-22)18-11-15(14-5-3-2-4-6-14)16-12-19-20-13-17(16)21-18/h2-6,11-13H,7-10H2,1H3. The van der Waals surface area contributed by atoms with Gasteiger partial charge in [0.05, 0.1) is 17.9 Å². The van der Waals surface area contributed by atoms with Gasteiger partial charge in [0, 0.05) is 31.6 Å². The molecule has 2 aromatic heterocycles. The number of benzene rings is 1. The molecule has 5 nitrogen and oxygen atoms in total. The molecular weight excluding hydrogens is 286 g/mol. The average Bonchev–Trinajstić information content (AvgIpc) is 2.62. The Morgan fingerprint density at radius 2 is 1.65 bits per heavy atom. The second-order valence-corrected chi connectivity index (χ2v) is 5.97. The number of aromatic nitrogens is 3. The van der Waals surface area contributed by atoms with Crippen molar-refractivity contribution in [1.82, 2.24) is 20.1 Å². The van der Waals surface area contributed by atoms with E-state index in [1.807, 2.05) is 6.07 Å². The summed E-state index contributed by atoms with van der Waals surface area (Å²) in [5.74, 6) is 1.03. The van der Waals surface area contributed by atoms with Crippen LogP contribution in [0.2, 0.25) is 0 Å². The van der Waals surface area contributed by atoms with Crippen molar-refractivity contribution < 1.29 is 0 Å². The van der Waals surface area contributed by atoms with Crippen LogP contribution in [0.1, 0.15) is 0 Å². The molecule has 3 aromatic rings. The lowest BCUT2D eigenvalue weighted by atomic mass is 10.0. The summed E-state index contributed by atoms with van der Waals surface area (Å²) in [7, 11) is 2.16. The number of pyridine rings is 1.